The van der Waals surface area contributed by atoms with Gasteiger partial charge in [0.05, 0.1) is 0 Å². The van der Waals surface area contributed by atoms with Gasteiger partial charge in [0.15, 0.2) is 0 Å². The molecule has 1 aromatic heterocycles. The molecule has 2 atom stereocenters. The molecule has 31 heavy (non-hydrogen) atoms. The summed E-state index contributed by atoms with van der Waals surface area (Å²) in [6.07, 6.45) is 8.04. The summed E-state index contributed by atoms with van der Waals surface area (Å²) < 4.78 is 4.52. The maximum atomic E-state index is 13.3. The fraction of sp³-hybridized carbons (Fsp3) is 0.333. The van der Waals surface area contributed by atoms with Gasteiger partial charge in [-0.25, -0.2) is 9.13 Å². The summed E-state index contributed by atoms with van der Waals surface area (Å²) in [5.74, 6) is 1.04. The first-order valence-electron chi connectivity index (χ1n) is 11.2. The number of primary amides is 1. The van der Waals surface area contributed by atoms with E-state index in [-0.39, 0.29) is 11.8 Å². The zero-order valence-corrected chi connectivity index (χ0v) is 18.5. The Hall–Kier alpha value is -3.14. The number of carbonyl (C=O) groups is 1. The van der Waals surface area contributed by atoms with Crippen molar-refractivity contribution in [2.24, 2.45) is 11.7 Å². The van der Waals surface area contributed by atoms with E-state index in [1.54, 1.807) is 0 Å². The normalized spacial score (nSPS) is 18.8. The van der Waals surface area contributed by atoms with Crippen LogP contribution in [0.2, 0.25) is 0 Å². The molecule has 2 N–H and O–H groups in total. The number of allylic oxidation sites excluding steroid dienone is 1. The number of carbonyl (C=O) groups excluding carboxylic acids is 1. The van der Waals surface area contributed by atoms with E-state index >= 15 is 0 Å². The van der Waals surface area contributed by atoms with Gasteiger partial charge in [0.25, 0.3) is 5.82 Å². The van der Waals surface area contributed by atoms with Crippen LogP contribution in [0.25, 0.3) is 5.70 Å². The van der Waals surface area contributed by atoms with Crippen molar-refractivity contribution in [1.82, 2.24) is 4.57 Å². The van der Waals surface area contributed by atoms with Gasteiger partial charge in [-0.05, 0) is 36.3 Å². The van der Waals surface area contributed by atoms with Crippen LogP contribution in [-0.2, 0) is 10.2 Å². The minimum absolute atomic E-state index is 0.129. The molecule has 0 aliphatic heterocycles. The number of hydrogen-bond acceptors (Lipinski definition) is 1. The maximum Gasteiger partial charge on any atom is 0.258 e. The third-order valence-corrected chi connectivity index (χ3v) is 7.11. The fourth-order valence-electron chi connectivity index (χ4n) is 5.50. The zero-order valence-electron chi connectivity index (χ0n) is 18.5. The highest BCUT2D eigenvalue weighted by atomic mass is 16.1. The molecule has 0 bridgehead atoms. The molecule has 3 aromatic rings. The van der Waals surface area contributed by atoms with Gasteiger partial charge in [-0.15, -0.1) is 0 Å². The summed E-state index contributed by atoms with van der Waals surface area (Å²) in [6, 6.07) is 20.5. The van der Waals surface area contributed by atoms with Gasteiger partial charge in [0, 0.05) is 13.3 Å². The lowest BCUT2D eigenvalue weighted by molar-refractivity contribution is -0.726. The first-order valence-corrected chi connectivity index (χ1v) is 11.2. The lowest BCUT2D eigenvalue weighted by Gasteiger charge is -2.37. The van der Waals surface area contributed by atoms with E-state index in [9.17, 15) is 4.79 Å². The molecule has 1 amide bonds. The van der Waals surface area contributed by atoms with Gasteiger partial charge in [0.1, 0.15) is 29.5 Å². The monoisotopic (exact) mass is 414 g/mol. The topological polar surface area (TPSA) is 51.9 Å². The zero-order chi connectivity index (χ0) is 22.0. The number of imidazole rings is 1. The van der Waals surface area contributed by atoms with Gasteiger partial charge < -0.3 is 5.73 Å². The van der Waals surface area contributed by atoms with E-state index in [4.69, 9.17) is 5.73 Å². The second-order valence-corrected chi connectivity index (χ2v) is 8.61. The van der Waals surface area contributed by atoms with E-state index in [2.05, 4.69) is 42.0 Å². The van der Waals surface area contributed by atoms with Crippen LogP contribution < -0.4 is 10.3 Å². The highest BCUT2D eigenvalue weighted by Crippen LogP contribution is 2.48. The molecule has 4 rings (SSSR count). The van der Waals surface area contributed by atoms with Crippen molar-refractivity contribution in [3.63, 3.8) is 0 Å². The Kier molecular flexibility index (Phi) is 5.81. The molecular weight excluding hydrogens is 382 g/mol. The molecule has 1 heterocycles. The lowest BCUT2D eigenvalue weighted by atomic mass is 9.64. The first-order chi connectivity index (χ1) is 15.0. The molecule has 1 aliphatic rings. The van der Waals surface area contributed by atoms with Crippen LogP contribution in [0, 0.1) is 12.8 Å². The molecule has 4 heteroatoms. The Labute approximate surface area is 185 Å². The SMILES string of the molecule is C=C(CC)n1cc[n+]([C@@H]2CC[C@H](C(C(N)=O)(c3ccccc3)c3ccccc3)C2)c1C. The summed E-state index contributed by atoms with van der Waals surface area (Å²) in [5, 5.41) is 0. The van der Waals surface area contributed by atoms with Crippen molar-refractivity contribution < 1.29 is 9.36 Å². The van der Waals surface area contributed by atoms with Gasteiger partial charge in [-0.3, -0.25) is 4.79 Å². The number of amides is 1. The number of nitrogens with two attached hydrogens (primary N) is 1. The maximum absolute atomic E-state index is 13.3. The molecule has 1 saturated carbocycles. The van der Waals surface area contributed by atoms with Crippen molar-refractivity contribution >= 4 is 11.6 Å². The number of aromatic nitrogens is 2. The van der Waals surface area contributed by atoms with E-state index in [1.807, 2.05) is 60.7 Å². The van der Waals surface area contributed by atoms with E-state index in [0.717, 1.165) is 42.5 Å². The van der Waals surface area contributed by atoms with Crippen LogP contribution in [0.5, 0.6) is 0 Å². The summed E-state index contributed by atoms with van der Waals surface area (Å²) in [4.78, 5) is 13.3. The predicted octanol–water partition coefficient (Wildman–Crippen LogP) is 4.78. The van der Waals surface area contributed by atoms with E-state index < -0.39 is 5.41 Å². The van der Waals surface area contributed by atoms with Gasteiger partial charge in [-0.2, -0.15) is 0 Å². The lowest BCUT2D eigenvalue weighted by Crippen LogP contribution is -2.48. The van der Waals surface area contributed by atoms with Gasteiger partial charge in [0.2, 0.25) is 5.91 Å². The van der Waals surface area contributed by atoms with Crippen LogP contribution >= 0.6 is 0 Å². The largest absolute Gasteiger partial charge is 0.369 e. The number of hydrogen-bond donors (Lipinski definition) is 1. The van der Waals surface area contributed by atoms with Crippen LogP contribution in [0.4, 0.5) is 0 Å². The van der Waals surface area contributed by atoms with E-state index in [0.29, 0.717) is 6.04 Å². The third-order valence-electron chi connectivity index (χ3n) is 7.11. The summed E-state index contributed by atoms with van der Waals surface area (Å²) in [5.41, 5.74) is 8.46. The first kappa shape index (κ1) is 21.1. The minimum Gasteiger partial charge on any atom is -0.369 e. The molecule has 1 aliphatic carbocycles. The molecule has 0 saturated heterocycles. The average molecular weight is 415 g/mol. The molecule has 4 nitrogen and oxygen atoms in total. The predicted molar refractivity (Wildman–Crippen MR) is 124 cm³/mol. The Morgan fingerprint density at radius 3 is 2.19 bits per heavy atom. The van der Waals surface area contributed by atoms with Crippen molar-refractivity contribution in [1.29, 1.82) is 0 Å². The molecular formula is C27H32N3O+. The number of benzene rings is 2. The molecule has 0 spiro atoms. The van der Waals surface area contributed by atoms with Gasteiger partial charge >= 0.3 is 0 Å². The van der Waals surface area contributed by atoms with Crippen LogP contribution in [0.15, 0.2) is 79.6 Å². The van der Waals surface area contributed by atoms with Gasteiger partial charge in [-0.1, -0.05) is 74.2 Å². The number of nitrogens with zero attached hydrogens (tertiary/aromatic N) is 2. The van der Waals surface area contributed by atoms with Crippen molar-refractivity contribution in [3.8, 4) is 0 Å². The Morgan fingerprint density at radius 1 is 1.10 bits per heavy atom. The average Bonchev–Trinajstić information content (AvgIpc) is 3.42. The summed E-state index contributed by atoms with van der Waals surface area (Å²) in [6.45, 7) is 8.46. The molecule has 1 fully saturated rings. The quantitative estimate of drug-likeness (QED) is 0.556. The Balaban J connectivity index is 1.76. The highest BCUT2D eigenvalue weighted by molar-refractivity contribution is 5.91. The second kappa shape index (κ2) is 8.54. The molecule has 160 valence electrons. The smallest absolute Gasteiger partial charge is 0.258 e. The molecule has 0 radical (unpaired) electrons. The summed E-state index contributed by atoms with van der Waals surface area (Å²) >= 11 is 0. The van der Waals surface area contributed by atoms with Crippen molar-refractivity contribution in [2.45, 2.75) is 51.0 Å². The molecule has 2 aromatic carbocycles. The van der Waals surface area contributed by atoms with Crippen molar-refractivity contribution in [3.05, 3.63) is 96.6 Å². The minimum atomic E-state index is -0.832. The fourth-order valence-corrected chi connectivity index (χ4v) is 5.50. The van der Waals surface area contributed by atoms with Crippen LogP contribution in [-0.4, -0.2) is 10.5 Å². The third kappa shape index (κ3) is 3.50. The van der Waals surface area contributed by atoms with Crippen LogP contribution in [0.3, 0.4) is 0 Å². The number of rotatable bonds is 7. The van der Waals surface area contributed by atoms with E-state index in [1.165, 1.54) is 5.82 Å². The Bertz CT molecular complexity index is 1030. The second-order valence-electron chi connectivity index (χ2n) is 8.61. The molecule has 0 unspecified atom stereocenters. The van der Waals surface area contributed by atoms with Crippen molar-refractivity contribution in [2.75, 3.05) is 0 Å². The van der Waals surface area contributed by atoms with Crippen LogP contribution in [0.1, 0.15) is 55.6 Å². The Morgan fingerprint density at radius 2 is 1.68 bits per heavy atom. The highest BCUT2D eigenvalue weighted by Gasteiger charge is 2.51. The summed E-state index contributed by atoms with van der Waals surface area (Å²) in [7, 11) is 0. The standard InChI is InChI=1S/C27H31N3O/c1-4-20(2)29-17-18-30(21(29)3)25-16-15-24(19-25)27(26(28)31,22-11-7-5-8-12-22)23-13-9-6-10-14-23/h5-14,17-18,24-25H,2,4,15-16,19H2,1,3H3,(H-,28,31)/p+1/t24-,25+/m0/s1.